The van der Waals surface area contributed by atoms with Crippen LogP contribution >= 0.6 is 0 Å². The van der Waals surface area contributed by atoms with Gasteiger partial charge >= 0.3 is 8.80 Å². The summed E-state index contributed by atoms with van der Waals surface area (Å²) < 4.78 is 0. The SMILES string of the molecule is NC1C=CC([Si](O)(O)O)CC1. The Morgan fingerprint density at radius 3 is 2.18 bits per heavy atom. The number of rotatable bonds is 1. The van der Waals surface area contributed by atoms with E-state index >= 15 is 0 Å². The summed E-state index contributed by atoms with van der Waals surface area (Å²) in [5.41, 5.74) is 5.05. The fraction of sp³-hybridized carbons (Fsp3) is 0.667. The quantitative estimate of drug-likeness (QED) is 0.302. The van der Waals surface area contributed by atoms with E-state index in [1.807, 2.05) is 0 Å². The number of hydrogen-bond donors (Lipinski definition) is 4. The third-order valence-electron chi connectivity index (χ3n) is 1.90. The van der Waals surface area contributed by atoms with Gasteiger partial charge in [-0.15, -0.1) is 0 Å². The Hall–Kier alpha value is -0.203. The van der Waals surface area contributed by atoms with E-state index in [4.69, 9.17) is 20.1 Å². The third-order valence-corrected chi connectivity index (χ3v) is 3.38. The van der Waals surface area contributed by atoms with Crippen LogP contribution in [-0.2, 0) is 0 Å². The molecule has 4 nitrogen and oxygen atoms in total. The molecule has 0 radical (unpaired) electrons. The first-order chi connectivity index (χ1) is 5.00. The van der Waals surface area contributed by atoms with Gasteiger partial charge in [-0.25, -0.2) is 0 Å². The molecule has 0 saturated carbocycles. The van der Waals surface area contributed by atoms with E-state index in [-0.39, 0.29) is 6.04 Å². The van der Waals surface area contributed by atoms with Crippen LogP contribution in [0.2, 0.25) is 5.54 Å². The highest BCUT2D eigenvalue weighted by atomic mass is 28.4. The fourth-order valence-corrected chi connectivity index (χ4v) is 2.09. The highest BCUT2D eigenvalue weighted by Crippen LogP contribution is 2.26. The van der Waals surface area contributed by atoms with E-state index in [9.17, 15) is 0 Å². The van der Waals surface area contributed by atoms with Gasteiger partial charge in [-0.3, -0.25) is 0 Å². The normalized spacial score (nSPS) is 32.4. The van der Waals surface area contributed by atoms with Gasteiger partial charge in [0.1, 0.15) is 0 Å². The average molecular weight is 175 g/mol. The van der Waals surface area contributed by atoms with Crippen LogP contribution in [0.1, 0.15) is 12.8 Å². The van der Waals surface area contributed by atoms with Crippen molar-refractivity contribution < 1.29 is 14.4 Å². The van der Waals surface area contributed by atoms with Gasteiger partial charge in [0.05, 0.1) is 0 Å². The minimum atomic E-state index is -3.93. The van der Waals surface area contributed by atoms with Crippen molar-refractivity contribution in [2.75, 3.05) is 0 Å². The zero-order chi connectivity index (χ0) is 8.48. The lowest BCUT2D eigenvalue weighted by Gasteiger charge is -2.23. The van der Waals surface area contributed by atoms with Crippen LogP contribution in [0.15, 0.2) is 12.2 Å². The molecule has 0 spiro atoms. The van der Waals surface area contributed by atoms with Gasteiger partial charge < -0.3 is 20.1 Å². The van der Waals surface area contributed by atoms with E-state index in [0.29, 0.717) is 12.8 Å². The molecule has 5 heteroatoms. The molecule has 2 unspecified atom stereocenters. The first-order valence-corrected chi connectivity index (χ1v) is 5.53. The van der Waals surface area contributed by atoms with Crippen molar-refractivity contribution in [1.29, 1.82) is 0 Å². The molecule has 2 atom stereocenters. The van der Waals surface area contributed by atoms with E-state index in [0.717, 1.165) is 0 Å². The summed E-state index contributed by atoms with van der Waals surface area (Å²) in [6, 6.07) is 0.00241. The molecule has 1 aliphatic carbocycles. The molecule has 0 aromatic rings. The van der Waals surface area contributed by atoms with Gasteiger partial charge in [0.2, 0.25) is 0 Å². The van der Waals surface area contributed by atoms with E-state index in [1.54, 1.807) is 12.2 Å². The van der Waals surface area contributed by atoms with Gasteiger partial charge in [0.15, 0.2) is 0 Å². The van der Waals surface area contributed by atoms with Gasteiger partial charge in [0.25, 0.3) is 0 Å². The molecule has 0 bridgehead atoms. The Kier molecular flexibility index (Phi) is 2.46. The minimum Gasteiger partial charge on any atom is -0.390 e. The highest BCUT2D eigenvalue weighted by Gasteiger charge is 2.38. The van der Waals surface area contributed by atoms with E-state index in [2.05, 4.69) is 0 Å². The largest absolute Gasteiger partial charge is 0.499 e. The lowest BCUT2D eigenvalue weighted by Crippen LogP contribution is -2.41. The molecule has 0 aromatic carbocycles. The topological polar surface area (TPSA) is 86.7 Å². The Bertz CT molecular complexity index is 166. The highest BCUT2D eigenvalue weighted by molar-refractivity contribution is 6.58. The monoisotopic (exact) mass is 175 g/mol. The summed E-state index contributed by atoms with van der Waals surface area (Å²) in [5.74, 6) is 0. The Morgan fingerprint density at radius 2 is 1.82 bits per heavy atom. The molecule has 0 heterocycles. The first kappa shape index (κ1) is 8.89. The van der Waals surface area contributed by atoms with Gasteiger partial charge in [-0.05, 0) is 12.8 Å². The Morgan fingerprint density at radius 1 is 1.18 bits per heavy atom. The molecule has 64 valence electrons. The second-order valence-electron chi connectivity index (χ2n) is 2.92. The molecular weight excluding hydrogens is 162 g/mol. The van der Waals surface area contributed by atoms with E-state index < -0.39 is 14.3 Å². The van der Waals surface area contributed by atoms with Crippen LogP contribution in [0, 0.1) is 0 Å². The zero-order valence-electron chi connectivity index (χ0n) is 6.14. The van der Waals surface area contributed by atoms with Crippen molar-refractivity contribution in [3.05, 3.63) is 12.2 Å². The lowest BCUT2D eigenvalue weighted by molar-refractivity contribution is 0.213. The maximum absolute atomic E-state index is 8.89. The van der Waals surface area contributed by atoms with Crippen LogP contribution in [0.5, 0.6) is 0 Å². The van der Waals surface area contributed by atoms with Crippen molar-refractivity contribution in [1.82, 2.24) is 0 Å². The summed E-state index contributed by atoms with van der Waals surface area (Å²) >= 11 is 0. The molecular formula is C6H13NO3Si. The van der Waals surface area contributed by atoms with Crippen molar-refractivity contribution >= 4 is 8.80 Å². The number of nitrogens with two attached hydrogens (primary N) is 1. The average Bonchev–Trinajstić information content (AvgIpc) is 1.86. The van der Waals surface area contributed by atoms with Gasteiger partial charge in [-0.1, -0.05) is 12.2 Å². The molecule has 1 rings (SSSR count). The van der Waals surface area contributed by atoms with Gasteiger partial charge in [-0.2, -0.15) is 0 Å². The van der Waals surface area contributed by atoms with Crippen molar-refractivity contribution in [3.8, 4) is 0 Å². The van der Waals surface area contributed by atoms with Crippen LogP contribution in [0.4, 0.5) is 0 Å². The second kappa shape index (κ2) is 3.04. The summed E-state index contributed by atoms with van der Waals surface area (Å²) in [6.07, 6.45) is 4.57. The molecule has 0 aliphatic heterocycles. The van der Waals surface area contributed by atoms with Crippen LogP contribution in [0.3, 0.4) is 0 Å². The van der Waals surface area contributed by atoms with Crippen LogP contribution < -0.4 is 5.73 Å². The predicted molar refractivity (Wildman–Crippen MR) is 42.5 cm³/mol. The maximum Gasteiger partial charge on any atom is 0.499 e. The van der Waals surface area contributed by atoms with Crippen molar-refractivity contribution in [2.45, 2.75) is 24.4 Å². The zero-order valence-corrected chi connectivity index (χ0v) is 7.14. The van der Waals surface area contributed by atoms with Crippen LogP contribution in [0.25, 0.3) is 0 Å². The summed E-state index contributed by atoms with van der Waals surface area (Å²) in [5, 5.41) is 0. The molecule has 5 N–H and O–H groups in total. The molecule has 11 heavy (non-hydrogen) atoms. The Labute approximate surface area is 66.3 Å². The van der Waals surface area contributed by atoms with Gasteiger partial charge in [0, 0.05) is 11.6 Å². The lowest BCUT2D eigenvalue weighted by atomic mass is 10.0. The Balaban J connectivity index is 2.57. The standard InChI is InChI=1S/C6H13NO3Si/c7-5-1-3-6(4-2-5)11(8,9)10/h1,3,5-6,8-10H,2,4,7H2. The predicted octanol–water partition coefficient (Wildman–Crippen LogP) is -1.05. The molecule has 0 aromatic heterocycles. The molecule has 0 saturated heterocycles. The second-order valence-corrected chi connectivity index (χ2v) is 5.04. The van der Waals surface area contributed by atoms with E-state index in [1.165, 1.54) is 0 Å². The summed E-state index contributed by atoms with van der Waals surface area (Å²) in [7, 11) is -3.93. The molecule has 0 amide bonds. The fourth-order valence-electron chi connectivity index (χ4n) is 1.16. The maximum atomic E-state index is 8.89. The smallest absolute Gasteiger partial charge is 0.390 e. The molecule has 0 fully saturated rings. The number of allylic oxidation sites excluding steroid dienone is 1. The molecule has 1 aliphatic rings. The first-order valence-electron chi connectivity index (χ1n) is 3.61. The minimum absolute atomic E-state index is 0.00241. The van der Waals surface area contributed by atoms with Crippen LogP contribution in [-0.4, -0.2) is 29.2 Å². The summed E-state index contributed by atoms with van der Waals surface area (Å²) in [4.78, 5) is 26.7. The van der Waals surface area contributed by atoms with Crippen molar-refractivity contribution in [2.24, 2.45) is 5.73 Å². The number of hydrogen-bond acceptors (Lipinski definition) is 4. The summed E-state index contributed by atoms with van der Waals surface area (Å²) in [6.45, 7) is 0. The van der Waals surface area contributed by atoms with Crippen molar-refractivity contribution in [3.63, 3.8) is 0 Å². The third kappa shape index (κ3) is 2.39.